The number of hydrogen-bond acceptors (Lipinski definition) is 3. The molecule has 0 heterocycles. The maximum absolute atomic E-state index is 12.9. The van der Waals surface area contributed by atoms with Crippen molar-refractivity contribution in [3.63, 3.8) is 0 Å². The number of hydrogen-bond donors (Lipinski definition) is 1. The van der Waals surface area contributed by atoms with Crippen LogP contribution in [-0.2, 0) is 15.9 Å². The van der Waals surface area contributed by atoms with Crippen molar-refractivity contribution in [1.29, 1.82) is 0 Å². The number of halogens is 1. The molecule has 1 N–H and O–H groups in total. The van der Waals surface area contributed by atoms with Crippen LogP contribution in [0.15, 0.2) is 24.3 Å². The Kier molecular flexibility index (Phi) is 8.42. The van der Waals surface area contributed by atoms with Gasteiger partial charge < -0.3 is 14.8 Å². The normalized spacial score (nSPS) is 14.2. The number of methoxy groups -OCH3 is 2. The van der Waals surface area contributed by atoms with Crippen LogP contribution in [-0.4, -0.2) is 40.5 Å². The van der Waals surface area contributed by atoms with E-state index in [9.17, 15) is 4.39 Å². The van der Waals surface area contributed by atoms with Crippen molar-refractivity contribution in [2.75, 3.05) is 40.5 Å². The van der Waals surface area contributed by atoms with Crippen LogP contribution in [0.4, 0.5) is 4.39 Å². The predicted molar refractivity (Wildman–Crippen MR) is 79.4 cm³/mol. The molecule has 4 heteroatoms. The van der Waals surface area contributed by atoms with Gasteiger partial charge in [-0.15, -0.1) is 0 Å². The summed E-state index contributed by atoms with van der Waals surface area (Å²) in [5.41, 5.74) is 1.16. The molecular weight excluding hydrogens is 257 g/mol. The SMILES string of the molecule is COCCNCC(Cc1ccc(F)cc1)C(C)COC. The van der Waals surface area contributed by atoms with Gasteiger partial charge in [0.05, 0.1) is 6.61 Å². The second-order valence-corrected chi connectivity index (χ2v) is 5.22. The van der Waals surface area contributed by atoms with E-state index in [1.54, 1.807) is 14.2 Å². The van der Waals surface area contributed by atoms with Gasteiger partial charge in [-0.3, -0.25) is 0 Å². The molecule has 114 valence electrons. The molecule has 0 amide bonds. The van der Waals surface area contributed by atoms with Crippen molar-refractivity contribution in [2.45, 2.75) is 13.3 Å². The maximum Gasteiger partial charge on any atom is 0.123 e. The first kappa shape index (κ1) is 17.1. The van der Waals surface area contributed by atoms with Crippen molar-refractivity contribution in [1.82, 2.24) is 5.32 Å². The Bertz CT molecular complexity index is 356. The zero-order valence-electron chi connectivity index (χ0n) is 12.7. The second kappa shape index (κ2) is 9.86. The summed E-state index contributed by atoms with van der Waals surface area (Å²) in [5.74, 6) is 0.714. The summed E-state index contributed by atoms with van der Waals surface area (Å²) in [6.07, 6.45) is 0.921. The molecule has 0 aliphatic rings. The highest BCUT2D eigenvalue weighted by Crippen LogP contribution is 2.18. The van der Waals surface area contributed by atoms with Gasteiger partial charge >= 0.3 is 0 Å². The van der Waals surface area contributed by atoms with Crippen molar-refractivity contribution >= 4 is 0 Å². The first-order valence-corrected chi connectivity index (χ1v) is 7.10. The van der Waals surface area contributed by atoms with Crippen LogP contribution in [0.3, 0.4) is 0 Å². The fraction of sp³-hybridized carbons (Fsp3) is 0.625. The Morgan fingerprint density at radius 3 is 2.45 bits per heavy atom. The van der Waals surface area contributed by atoms with Gasteiger partial charge in [-0.1, -0.05) is 19.1 Å². The van der Waals surface area contributed by atoms with Gasteiger partial charge in [0, 0.05) is 27.4 Å². The largest absolute Gasteiger partial charge is 0.384 e. The molecule has 2 atom stereocenters. The summed E-state index contributed by atoms with van der Waals surface area (Å²) in [6.45, 7) is 5.39. The molecule has 1 rings (SSSR count). The van der Waals surface area contributed by atoms with Crippen LogP contribution in [0.25, 0.3) is 0 Å². The number of ether oxygens (including phenoxy) is 2. The third-order valence-electron chi connectivity index (χ3n) is 3.53. The zero-order chi connectivity index (χ0) is 14.8. The van der Waals surface area contributed by atoms with Gasteiger partial charge in [0.2, 0.25) is 0 Å². The molecule has 0 aromatic heterocycles. The van der Waals surface area contributed by atoms with Crippen LogP contribution < -0.4 is 5.32 Å². The molecule has 0 fully saturated rings. The third kappa shape index (κ3) is 6.46. The second-order valence-electron chi connectivity index (χ2n) is 5.22. The van der Waals surface area contributed by atoms with E-state index in [4.69, 9.17) is 9.47 Å². The molecule has 0 aliphatic carbocycles. The zero-order valence-corrected chi connectivity index (χ0v) is 12.7. The Hall–Kier alpha value is -0.970. The first-order valence-electron chi connectivity index (χ1n) is 7.10. The summed E-state index contributed by atoms with van der Waals surface area (Å²) in [4.78, 5) is 0. The third-order valence-corrected chi connectivity index (χ3v) is 3.53. The highest BCUT2D eigenvalue weighted by atomic mass is 19.1. The molecule has 0 aliphatic heterocycles. The van der Waals surface area contributed by atoms with Crippen molar-refractivity contribution in [3.8, 4) is 0 Å². The molecule has 0 saturated heterocycles. The summed E-state index contributed by atoms with van der Waals surface area (Å²) in [6, 6.07) is 6.76. The Labute approximate surface area is 121 Å². The monoisotopic (exact) mass is 283 g/mol. The lowest BCUT2D eigenvalue weighted by Gasteiger charge is -2.24. The van der Waals surface area contributed by atoms with Gasteiger partial charge in [0.25, 0.3) is 0 Å². The summed E-state index contributed by atoms with van der Waals surface area (Å²) >= 11 is 0. The van der Waals surface area contributed by atoms with E-state index >= 15 is 0 Å². The van der Waals surface area contributed by atoms with E-state index in [1.807, 2.05) is 12.1 Å². The van der Waals surface area contributed by atoms with E-state index in [0.717, 1.165) is 31.7 Å². The lowest BCUT2D eigenvalue weighted by molar-refractivity contribution is 0.126. The van der Waals surface area contributed by atoms with Gasteiger partial charge in [-0.25, -0.2) is 4.39 Å². The Morgan fingerprint density at radius 1 is 1.15 bits per heavy atom. The standard InChI is InChI=1S/C16H26FNO2/c1-13(12-20-3)15(11-18-8-9-19-2)10-14-4-6-16(17)7-5-14/h4-7,13,15,18H,8-12H2,1-3H3. The summed E-state index contributed by atoms with van der Waals surface area (Å²) in [5, 5.41) is 3.40. The van der Waals surface area contributed by atoms with Crippen LogP contribution in [0.2, 0.25) is 0 Å². The maximum atomic E-state index is 12.9. The smallest absolute Gasteiger partial charge is 0.123 e. The van der Waals surface area contributed by atoms with Crippen molar-refractivity contribution < 1.29 is 13.9 Å². The molecule has 0 bridgehead atoms. The minimum absolute atomic E-state index is 0.187. The van der Waals surface area contributed by atoms with E-state index in [-0.39, 0.29) is 5.82 Å². The van der Waals surface area contributed by atoms with E-state index in [1.165, 1.54) is 12.1 Å². The highest BCUT2D eigenvalue weighted by molar-refractivity contribution is 5.16. The lowest BCUT2D eigenvalue weighted by Crippen LogP contribution is -2.32. The molecular formula is C16H26FNO2. The summed E-state index contributed by atoms with van der Waals surface area (Å²) in [7, 11) is 3.43. The minimum Gasteiger partial charge on any atom is -0.384 e. The quantitative estimate of drug-likeness (QED) is 0.669. The topological polar surface area (TPSA) is 30.5 Å². The van der Waals surface area contributed by atoms with Crippen molar-refractivity contribution in [3.05, 3.63) is 35.6 Å². The Morgan fingerprint density at radius 2 is 1.85 bits per heavy atom. The molecule has 2 unspecified atom stereocenters. The van der Waals surface area contributed by atoms with Gasteiger partial charge in [-0.2, -0.15) is 0 Å². The molecule has 0 spiro atoms. The highest BCUT2D eigenvalue weighted by Gasteiger charge is 2.17. The van der Waals surface area contributed by atoms with Crippen molar-refractivity contribution in [2.24, 2.45) is 11.8 Å². The average molecular weight is 283 g/mol. The number of nitrogens with one attached hydrogen (secondary N) is 1. The average Bonchev–Trinajstić information content (AvgIpc) is 2.44. The molecule has 0 saturated carbocycles. The lowest BCUT2D eigenvalue weighted by atomic mass is 9.88. The first-order chi connectivity index (χ1) is 9.67. The minimum atomic E-state index is -0.187. The number of benzene rings is 1. The van der Waals surface area contributed by atoms with Crippen LogP contribution >= 0.6 is 0 Å². The molecule has 0 radical (unpaired) electrons. The molecule has 1 aromatic rings. The molecule has 1 aromatic carbocycles. The predicted octanol–water partition coefficient (Wildman–Crippen LogP) is 2.50. The van der Waals surface area contributed by atoms with Gasteiger partial charge in [-0.05, 0) is 42.5 Å². The fourth-order valence-corrected chi connectivity index (χ4v) is 2.26. The Balaban J connectivity index is 2.54. The molecule has 3 nitrogen and oxygen atoms in total. The fourth-order valence-electron chi connectivity index (χ4n) is 2.26. The van der Waals surface area contributed by atoms with Crippen LogP contribution in [0.5, 0.6) is 0 Å². The van der Waals surface area contributed by atoms with E-state index in [2.05, 4.69) is 12.2 Å². The van der Waals surface area contributed by atoms with Crippen LogP contribution in [0.1, 0.15) is 12.5 Å². The van der Waals surface area contributed by atoms with Gasteiger partial charge in [0.15, 0.2) is 0 Å². The summed E-state index contributed by atoms with van der Waals surface area (Å²) < 4.78 is 23.2. The van der Waals surface area contributed by atoms with Gasteiger partial charge in [0.1, 0.15) is 5.82 Å². The number of rotatable bonds is 10. The van der Waals surface area contributed by atoms with Crippen LogP contribution in [0, 0.1) is 17.7 Å². The molecule has 20 heavy (non-hydrogen) atoms. The van der Waals surface area contributed by atoms with E-state index in [0.29, 0.717) is 18.4 Å². The van der Waals surface area contributed by atoms with E-state index < -0.39 is 0 Å².